The molecule has 1 aliphatic rings. The third-order valence-corrected chi connectivity index (χ3v) is 1.21. The third kappa shape index (κ3) is 3.01. The van der Waals surface area contributed by atoms with Crippen LogP contribution in [0.15, 0.2) is 12.2 Å². The first-order valence-corrected chi connectivity index (χ1v) is 3.43. The van der Waals surface area contributed by atoms with Crippen molar-refractivity contribution in [2.75, 3.05) is 6.61 Å². The van der Waals surface area contributed by atoms with E-state index >= 15 is 0 Å². The second-order valence-electron chi connectivity index (χ2n) is 2.11. The van der Waals surface area contributed by atoms with Crippen molar-refractivity contribution >= 4 is 0 Å². The van der Waals surface area contributed by atoms with Gasteiger partial charge in [-0.25, -0.2) is 0 Å². The van der Waals surface area contributed by atoms with E-state index in [-0.39, 0.29) is 0 Å². The van der Waals surface area contributed by atoms with Crippen LogP contribution in [0.5, 0.6) is 0 Å². The van der Waals surface area contributed by atoms with Crippen LogP contribution in [0.2, 0.25) is 0 Å². The molecule has 0 atom stereocenters. The second kappa shape index (κ2) is 3.38. The quantitative estimate of drug-likeness (QED) is 0.528. The Morgan fingerprint density at radius 3 is 2.89 bits per heavy atom. The Hall–Kier alpha value is -0.660. The van der Waals surface area contributed by atoms with Crippen LogP contribution in [0.25, 0.3) is 0 Å². The van der Waals surface area contributed by atoms with E-state index in [1.165, 1.54) is 12.8 Å². The third-order valence-electron chi connectivity index (χ3n) is 1.21. The smallest absolute Gasteiger partial charge is 0.321 e. The molecule has 2 heteroatoms. The lowest BCUT2D eigenvalue weighted by Crippen LogP contribution is -1.87. The molecule has 0 saturated carbocycles. The number of unbranched alkanes of at least 4 members (excludes halogenated alkanes) is 2. The Bertz CT molecular complexity index is 107. The average Bonchev–Trinajstić information content (AvgIpc) is 2.63. The summed E-state index contributed by atoms with van der Waals surface area (Å²) in [5, 5.41) is 0. The topological polar surface area (TPSA) is 21.8 Å². The molecule has 0 bridgehead atoms. The van der Waals surface area contributed by atoms with Crippen LogP contribution in [-0.4, -0.2) is 6.61 Å². The molecule has 2 nitrogen and oxygen atoms in total. The zero-order chi connectivity index (χ0) is 6.53. The first-order valence-electron chi connectivity index (χ1n) is 3.43. The molecule has 0 N–H and O–H groups in total. The summed E-state index contributed by atoms with van der Waals surface area (Å²) < 4.78 is 9.75. The molecule has 0 aliphatic carbocycles. The minimum atomic E-state index is 0.700. The average molecular weight is 128 g/mol. The summed E-state index contributed by atoms with van der Waals surface area (Å²) in [6.45, 7) is 2.98. The van der Waals surface area contributed by atoms with Crippen LogP contribution >= 0.6 is 0 Å². The van der Waals surface area contributed by atoms with Gasteiger partial charge in [0.25, 0.3) is 0 Å². The first kappa shape index (κ1) is 6.46. The molecule has 9 heavy (non-hydrogen) atoms. The molecule has 0 unspecified atom stereocenters. The molecule has 1 aliphatic heterocycles. The Morgan fingerprint density at radius 1 is 1.56 bits per heavy atom. The van der Waals surface area contributed by atoms with Gasteiger partial charge in [-0.2, -0.15) is 0 Å². The van der Waals surface area contributed by atoms with E-state index in [1.54, 1.807) is 6.26 Å². The Morgan fingerprint density at radius 2 is 2.33 bits per heavy atom. The van der Waals surface area contributed by atoms with Crippen LogP contribution < -0.4 is 0 Å². The molecule has 0 amide bonds. The lowest BCUT2D eigenvalue weighted by molar-refractivity contribution is 0.151. The van der Waals surface area contributed by atoms with Crippen LogP contribution in [0.4, 0.5) is 0 Å². The fraction of sp³-hybridized carbons (Fsp3) is 0.714. The van der Waals surface area contributed by atoms with Crippen LogP contribution in [0, 0.1) is 0 Å². The van der Waals surface area contributed by atoms with Gasteiger partial charge in [-0.05, 0) is 6.42 Å². The van der Waals surface area contributed by atoms with E-state index in [9.17, 15) is 0 Å². The summed E-state index contributed by atoms with van der Waals surface area (Å²) >= 11 is 0. The Labute approximate surface area is 55.5 Å². The van der Waals surface area contributed by atoms with Gasteiger partial charge >= 0.3 is 5.95 Å². The van der Waals surface area contributed by atoms with E-state index in [2.05, 4.69) is 11.7 Å². The van der Waals surface area contributed by atoms with Crippen molar-refractivity contribution in [2.24, 2.45) is 0 Å². The van der Waals surface area contributed by atoms with Crippen LogP contribution in [0.1, 0.15) is 26.2 Å². The number of rotatable bonds is 5. The lowest BCUT2D eigenvalue weighted by atomic mass is 10.3. The van der Waals surface area contributed by atoms with Gasteiger partial charge in [0.2, 0.25) is 0 Å². The lowest BCUT2D eigenvalue weighted by Gasteiger charge is -1.96. The molecule has 1 rings (SSSR count). The monoisotopic (exact) mass is 128 g/mol. The molecule has 0 aromatic carbocycles. The normalized spacial score (nSPS) is 14.1. The predicted octanol–water partition coefficient (Wildman–Crippen LogP) is 2.02. The molecular formula is C7H12O2. The minimum Gasteiger partial charge on any atom is -0.463 e. The second-order valence-corrected chi connectivity index (χ2v) is 2.11. The van der Waals surface area contributed by atoms with Crippen molar-refractivity contribution in [3.8, 4) is 0 Å². The molecule has 0 spiro atoms. The van der Waals surface area contributed by atoms with Crippen LogP contribution in [-0.2, 0) is 9.47 Å². The standard InChI is InChI=1S/C7H12O2/c1-2-3-4-5-8-7-6-9-7/h6H,2-5H2,1H3. The maximum absolute atomic E-state index is 5.09. The molecule has 52 valence electrons. The minimum absolute atomic E-state index is 0.700. The van der Waals surface area contributed by atoms with Gasteiger partial charge in [-0.3, -0.25) is 0 Å². The van der Waals surface area contributed by atoms with Gasteiger partial charge in [0.1, 0.15) is 0 Å². The molecular weight excluding hydrogens is 116 g/mol. The van der Waals surface area contributed by atoms with Gasteiger partial charge in [-0.15, -0.1) is 0 Å². The maximum Gasteiger partial charge on any atom is 0.321 e. The van der Waals surface area contributed by atoms with Crippen molar-refractivity contribution in [3.63, 3.8) is 0 Å². The molecule has 0 aromatic heterocycles. The molecule has 0 aromatic rings. The van der Waals surface area contributed by atoms with Crippen molar-refractivity contribution < 1.29 is 9.47 Å². The number of ether oxygens (including phenoxy) is 2. The summed E-state index contributed by atoms with van der Waals surface area (Å²) in [6.07, 6.45) is 5.24. The molecule has 0 saturated heterocycles. The highest BCUT2D eigenvalue weighted by Crippen LogP contribution is 2.14. The van der Waals surface area contributed by atoms with E-state index in [1.807, 2.05) is 0 Å². The number of hydrogen-bond donors (Lipinski definition) is 0. The fourth-order valence-corrected chi connectivity index (χ4v) is 0.617. The van der Waals surface area contributed by atoms with Crippen molar-refractivity contribution in [1.29, 1.82) is 0 Å². The van der Waals surface area contributed by atoms with E-state index in [0.29, 0.717) is 5.95 Å². The van der Waals surface area contributed by atoms with Crippen LogP contribution in [0.3, 0.4) is 0 Å². The van der Waals surface area contributed by atoms with Gasteiger partial charge in [0.15, 0.2) is 6.26 Å². The summed E-state index contributed by atoms with van der Waals surface area (Å²) in [6, 6.07) is 0. The predicted molar refractivity (Wildman–Crippen MR) is 34.6 cm³/mol. The highest BCUT2D eigenvalue weighted by atomic mass is 16.7. The first-order chi connectivity index (χ1) is 4.43. The molecule has 0 fully saturated rings. The maximum atomic E-state index is 5.09. The Balaban J connectivity index is 1.76. The summed E-state index contributed by atoms with van der Waals surface area (Å²) in [4.78, 5) is 0. The fourth-order valence-electron chi connectivity index (χ4n) is 0.617. The summed E-state index contributed by atoms with van der Waals surface area (Å²) in [5.74, 6) is 0.700. The highest BCUT2D eigenvalue weighted by Gasteiger charge is 2.09. The molecule has 0 radical (unpaired) electrons. The Kier molecular flexibility index (Phi) is 2.43. The largest absolute Gasteiger partial charge is 0.463 e. The summed E-state index contributed by atoms with van der Waals surface area (Å²) in [5.41, 5.74) is 0. The zero-order valence-corrected chi connectivity index (χ0v) is 5.72. The van der Waals surface area contributed by atoms with E-state index in [0.717, 1.165) is 13.0 Å². The van der Waals surface area contributed by atoms with Crippen molar-refractivity contribution in [1.82, 2.24) is 0 Å². The summed E-state index contributed by atoms with van der Waals surface area (Å²) in [7, 11) is 0. The number of hydrogen-bond acceptors (Lipinski definition) is 2. The molecule has 1 heterocycles. The van der Waals surface area contributed by atoms with Crippen molar-refractivity contribution in [3.05, 3.63) is 12.2 Å². The van der Waals surface area contributed by atoms with E-state index < -0.39 is 0 Å². The van der Waals surface area contributed by atoms with Gasteiger partial charge in [-0.1, -0.05) is 19.8 Å². The highest BCUT2D eigenvalue weighted by molar-refractivity contribution is 4.91. The van der Waals surface area contributed by atoms with E-state index in [4.69, 9.17) is 4.74 Å². The SMILES string of the molecule is CCCCCOC1=CO1. The van der Waals surface area contributed by atoms with Gasteiger partial charge in [0.05, 0.1) is 6.61 Å². The van der Waals surface area contributed by atoms with Gasteiger partial charge in [0, 0.05) is 0 Å². The van der Waals surface area contributed by atoms with Crippen molar-refractivity contribution in [2.45, 2.75) is 26.2 Å². The van der Waals surface area contributed by atoms with Gasteiger partial charge < -0.3 is 9.47 Å². The zero-order valence-electron chi connectivity index (χ0n) is 5.72.